The Morgan fingerprint density at radius 2 is 1.83 bits per heavy atom. The van der Waals surface area contributed by atoms with Gasteiger partial charge in [0, 0.05) is 30.2 Å². The van der Waals surface area contributed by atoms with Crippen LogP contribution in [-0.2, 0) is 17.5 Å². The van der Waals surface area contributed by atoms with Crippen molar-refractivity contribution in [2.24, 2.45) is 0 Å². The smallest absolute Gasteiger partial charge is 0.385 e. The van der Waals surface area contributed by atoms with Gasteiger partial charge in [0.15, 0.2) is 0 Å². The van der Waals surface area contributed by atoms with E-state index in [9.17, 15) is 18.0 Å². The summed E-state index contributed by atoms with van der Waals surface area (Å²) in [4.78, 5) is 11.8. The lowest BCUT2D eigenvalue weighted by atomic mass is 10.2. The summed E-state index contributed by atoms with van der Waals surface area (Å²) in [7, 11) is 0. The summed E-state index contributed by atoms with van der Waals surface area (Å²) in [6, 6.07) is 12.0. The minimum atomic E-state index is -4.38. The zero-order valence-electron chi connectivity index (χ0n) is 12.7. The largest absolute Gasteiger partial charge is 0.416 e. The van der Waals surface area contributed by atoms with Crippen LogP contribution in [0.5, 0.6) is 0 Å². The maximum absolute atomic E-state index is 12.6. The molecular formula is C17H16ClF3N2O. The summed E-state index contributed by atoms with van der Waals surface area (Å²) < 4.78 is 37.8. The normalized spacial score (nSPS) is 11.2. The van der Waals surface area contributed by atoms with Crippen LogP contribution in [0.15, 0.2) is 48.5 Å². The molecule has 0 heterocycles. The van der Waals surface area contributed by atoms with Crippen molar-refractivity contribution in [1.29, 1.82) is 0 Å². The van der Waals surface area contributed by atoms with Gasteiger partial charge in [0.2, 0.25) is 5.91 Å². The van der Waals surface area contributed by atoms with E-state index in [1.165, 1.54) is 12.1 Å². The van der Waals surface area contributed by atoms with Crippen molar-refractivity contribution in [3.63, 3.8) is 0 Å². The van der Waals surface area contributed by atoms with Crippen LogP contribution >= 0.6 is 11.6 Å². The molecule has 0 aromatic heterocycles. The van der Waals surface area contributed by atoms with Crippen LogP contribution in [0.3, 0.4) is 0 Å². The van der Waals surface area contributed by atoms with E-state index in [0.29, 0.717) is 17.3 Å². The van der Waals surface area contributed by atoms with E-state index in [0.717, 1.165) is 17.7 Å². The second-order valence-electron chi connectivity index (χ2n) is 5.12. The van der Waals surface area contributed by atoms with Crippen molar-refractivity contribution in [2.75, 3.05) is 11.9 Å². The number of anilines is 1. The second kappa shape index (κ2) is 8.06. The molecule has 0 aliphatic rings. The number of carbonyl (C=O) groups is 1. The number of carbonyl (C=O) groups excluding carboxylic acids is 1. The molecule has 0 bridgehead atoms. The highest BCUT2D eigenvalue weighted by atomic mass is 35.5. The molecule has 2 N–H and O–H groups in total. The van der Waals surface area contributed by atoms with Gasteiger partial charge in [0.1, 0.15) is 0 Å². The lowest BCUT2D eigenvalue weighted by Gasteiger charge is -2.11. The molecular weight excluding hydrogens is 341 g/mol. The fraction of sp³-hybridized carbons (Fsp3) is 0.235. The number of amides is 1. The Bertz CT molecular complexity index is 704. The molecule has 0 spiro atoms. The van der Waals surface area contributed by atoms with Crippen LogP contribution in [-0.4, -0.2) is 12.5 Å². The fourth-order valence-electron chi connectivity index (χ4n) is 2.05. The van der Waals surface area contributed by atoms with Gasteiger partial charge in [0.05, 0.1) is 5.56 Å². The highest BCUT2D eigenvalue weighted by Crippen LogP contribution is 2.30. The molecule has 2 aromatic carbocycles. The summed E-state index contributed by atoms with van der Waals surface area (Å²) in [6.45, 7) is 0.539. The monoisotopic (exact) mass is 356 g/mol. The Morgan fingerprint density at radius 1 is 1.08 bits per heavy atom. The van der Waals surface area contributed by atoms with Gasteiger partial charge in [-0.05, 0) is 29.8 Å². The van der Waals surface area contributed by atoms with Crippen molar-refractivity contribution in [3.8, 4) is 0 Å². The van der Waals surface area contributed by atoms with Crippen LogP contribution < -0.4 is 10.6 Å². The molecule has 2 rings (SSSR count). The van der Waals surface area contributed by atoms with Gasteiger partial charge in [-0.25, -0.2) is 0 Å². The molecule has 1 amide bonds. The van der Waals surface area contributed by atoms with E-state index in [2.05, 4.69) is 10.6 Å². The second-order valence-corrected chi connectivity index (χ2v) is 5.53. The number of hydrogen-bond donors (Lipinski definition) is 2. The maximum atomic E-state index is 12.6. The van der Waals surface area contributed by atoms with Crippen LogP contribution in [0.25, 0.3) is 0 Å². The summed E-state index contributed by atoms with van der Waals surface area (Å²) >= 11 is 5.99. The first-order valence-corrected chi connectivity index (χ1v) is 7.65. The molecule has 0 saturated heterocycles. The Hall–Kier alpha value is -2.21. The van der Waals surface area contributed by atoms with E-state index in [1.54, 1.807) is 12.1 Å². The van der Waals surface area contributed by atoms with Gasteiger partial charge in [-0.2, -0.15) is 13.2 Å². The van der Waals surface area contributed by atoms with Gasteiger partial charge in [-0.3, -0.25) is 4.79 Å². The van der Waals surface area contributed by atoms with Crippen molar-refractivity contribution in [2.45, 2.75) is 19.1 Å². The Balaban J connectivity index is 1.78. The highest BCUT2D eigenvalue weighted by molar-refractivity contribution is 6.31. The molecule has 0 unspecified atom stereocenters. The van der Waals surface area contributed by atoms with E-state index in [-0.39, 0.29) is 18.9 Å². The molecule has 0 saturated carbocycles. The molecule has 0 fully saturated rings. The predicted octanol–water partition coefficient (Wildman–Crippen LogP) is 4.48. The summed E-state index contributed by atoms with van der Waals surface area (Å²) in [6.07, 6.45) is -4.25. The molecule has 2 aromatic rings. The average Bonchev–Trinajstić information content (AvgIpc) is 2.54. The molecule has 0 atom stereocenters. The van der Waals surface area contributed by atoms with E-state index in [1.807, 2.05) is 12.1 Å². The van der Waals surface area contributed by atoms with Gasteiger partial charge < -0.3 is 10.6 Å². The number of nitrogens with one attached hydrogen (secondary N) is 2. The first kappa shape index (κ1) is 18.1. The minimum absolute atomic E-state index is 0.140. The van der Waals surface area contributed by atoms with Crippen molar-refractivity contribution in [3.05, 3.63) is 64.7 Å². The number of hydrogen-bond acceptors (Lipinski definition) is 2. The SMILES string of the molecule is O=C(CCNc1cccc(C(F)(F)F)c1)NCc1ccccc1Cl. The Kier molecular flexibility index (Phi) is 6.09. The lowest BCUT2D eigenvalue weighted by Crippen LogP contribution is -2.25. The Morgan fingerprint density at radius 3 is 2.54 bits per heavy atom. The number of alkyl halides is 3. The minimum Gasteiger partial charge on any atom is -0.385 e. The van der Waals surface area contributed by atoms with Gasteiger partial charge in [-0.15, -0.1) is 0 Å². The number of rotatable bonds is 6. The van der Waals surface area contributed by atoms with Gasteiger partial charge in [0.25, 0.3) is 0 Å². The molecule has 128 valence electrons. The van der Waals surface area contributed by atoms with E-state index in [4.69, 9.17) is 11.6 Å². The first-order valence-electron chi connectivity index (χ1n) is 7.27. The fourth-order valence-corrected chi connectivity index (χ4v) is 2.25. The average molecular weight is 357 g/mol. The summed E-state index contributed by atoms with van der Waals surface area (Å²) in [5, 5.41) is 6.10. The third kappa shape index (κ3) is 5.45. The molecule has 0 aliphatic carbocycles. The highest BCUT2D eigenvalue weighted by Gasteiger charge is 2.30. The van der Waals surface area contributed by atoms with Crippen molar-refractivity contribution in [1.82, 2.24) is 5.32 Å². The third-order valence-corrected chi connectivity index (χ3v) is 3.67. The molecule has 0 aliphatic heterocycles. The topological polar surface area (TPSA) is 41.1 Å². The summed E-state index contributed by atoms with van der Waals surface area (Å²) in [5.41, 5.74) is 0.401. The van der Waals surface area contributed by atoms with Crippen LogP contribution in [0.2, 0.25) is 5.02 Å². The lowest BCUT2D eigenvalue weighted by molar-refractivity contribution is -0.137. The van der Waals surface area contributed by atoms with Crippen LogP contribution in [0.4, 0.5) is 18.9 Å². The van der Waals surface area contributed by atoms with Gasteiger partial charge in [-0.1, -0.05) is 35.9 Å². The summed E-state index contributed by atoms with van der Waals surface area (Å²) in [5.74, 6) is -0.214. The van der Waals surface area contributed by atoms with Crippen LogP contribution in [0, 0.1) is 0 Å². The molecule has 24 heavy (non-hydrogen) atoms. The molecule has 0 radical (unpaired) electrons. The quantitative estimate of drug-likeness (QED) is 0.801. The zero-order chi connectivity index (χ0) is 17.6. The number of benzene rings is 2. The maximum Gasteiger partial charge on any atom is 0.416 e. The standard InChI is InChI=1S/C17H16ClF3N2O/c18-15-7-2-1-4-12(15)11-23-16(24)8-9-22-14-6-3-5-13(10-14)17(19,20)21/h1-7,10,22H,8-9,11H2,(H,23,24). The van der Waals surface area contributed by atoms with Gasteiger partial charge >= 0.3 is 6.18 Å². The zero-order valence-corrected chi connectivity index (χ0v) is 13.4. The first-order chi connectivity index (χ1) is 11.4. The van der Waals surface area contributed by atoms with E-state index < -0.39 is 11.7 Å². The third-order valence-electron chi connectivity index (χ3n) is 3.30. The molecule has 3 nitrogen and oxygen atoms in total. The van der Waals surface area contributed by atoms with Crippen molar-refractivity contribution < 1.29 is 18.0 Å². The molecule has 7 heteroatoms. The van der Waals surface area contributed by atoms with E-state index >= 15 is 0 Å². The number of halogens is 4. The van der Waals surface area contributed by atoms with Crippen molar-refractivity contribution >= 4 is 23.2 Å². The predicted molar refractivity (Wildman–Crippen MR) is 87.8 cm³/mol. The van der Waals surface area contributed by atoms with Crippen LogP contribution in [0.1, 0.15) is 17.5 Å². The Labute approximate surface area is 142 Å².